The fourth-order valence-electron chi connectivity index (χ4n) is 1.72. The smallest absolute Gasteiger partial charge is 0.331 e. The van der Waals surface area contributed by atoms with Crippen LogP contribution in [-0.4, -0.2) is 24.7 Å². The molecular weight excluding hydrogens is 214 g/mol. The number of nitrogens with zero attached hydrogens (tertiary/aromatic N) is 1. The largest absolute Gasteiger partial charge is 0.478 e. The number of aliphatic carboxylic acids is 1. The van der Waals surface area contributed by atoms with E-state index in [1.807, 2.05) is 50.1 Å². The third kappa shape index (κ3) is 3.63. The van der Waals surface area contributed by atoms with E-state index in [0.29, 0.717) is 18.5 Å². The Bertz CT molecular complexity index is 424. The number of hydrogen-bond donors (Lipinski definition) is 1. The fourth-order valence-corrected chi connectivity index (χ4v) is 1.72. The molecule has 0 aliphatic carbocycles. The van der Waals surface area contributed by atoms with Crippen molar-refractivity contribution in [1.82, 2.24) is 0 Å². The number of para-hydroxylation sites is 1. The molecule has 0 saturated heterocycles. The molecule has 0 radical (unpaired) electrons. The lowest BCUT2D eigenvalue weighted by molar-refractivity contribution is -0.132. The summed E-state index contributed by atoms with van der Waals surface area (Å²) in [7, 11) is 1.97. The second-order valence-corrected chi connectivity index (χ2v) is 4.06. The van der Waals surface area contributed by atoms with Crippen LogP contribution in [0.15, 0.2) is 35.9 Å². The van der Waals surface area contributed by atoms with E-state index < -0.39 is 5.97 Å². The topological polar surface area (TPSA) is 40.5 Å². The third-order valence-corrected chi connectivity index (χ3v) is 2.79. The molecule has 0 saturated carbocycles. The molecule has 0 spiro atoms. The van der Waals surface area contributed by atoms with Gasteiger partial charge in [0.1, 0.15) is 0 Å². The number of carboxylic acids is 1. The quantitative estimate of drug-likeness (QED) is 0.795. The molecule has 3 nitrogen and oxygen atoms in total. The second-order valence-electron chi connectivity index (χ2n) is 4.06. The van der Waals surface area contributed by atoms with E-state index in [1.54, 1.807) is 6.08 Å². The van der Waals surface area contributed by atoms with Crippen LogP contribution in [0.1, 0.15) is 18.9 Å². The van der Waals surface area contributed by atoms with Gasteiger partial charge in [0, 0.05) is 24.9 Å². The monoisotopic (exact) mass is 233 g/mol. The minimum Gasteiger partial charge on any atom is -0.478 e. The Morgan fingerprint density at radius 2 is 2.06 bits per heavy atom. The van der Waals surface area contributed by atoms with Gasteiger partial charge in [-0.05, 0) is 25.0 Å². The maximum Gasteiger partial charge on any atom is 0.331 e. The van der Waals surface area contributed by atoms with Crippen LogP contribution in [0.25, 0.3) is 0 Å². The number of aryl methyl sites for hydroxylation is 1. The number of likely N-dealkylation sites (N-methyl/N-ethyl adjacent to an activating group) is 1. The van der Waals surface area contributed by atoms with Gasteiger partial charge in [0.15, 0.2) is 0 Å². The normalized spacial score (nSPS) is 11.4. The molecule has 0 atom stereocenters. The number of carboxylic acid groups (broad SMARTS) is 1. The first-order valence-corrected chi connectivity index (χ1v) is 5.75. The minimum absolute atomic E-state index is 0.463. The van der Waals surface area contributed by atoms with Gasteiger partial charge in [-0.2, -0.15) is 0 Å². The van der Waals surface area contributed by atoms with Gasteiger partial charge in [-0.15, -0.1) is 0 Å². The Morgan fingerprint density at radius 1 is 1.41 bits per heavy atom. The summed E-state index contributed by atoms with van der Waals surface area (Å²) in [5.41, 5.74) is 2.78. The van der Waals surface area contributed by atoms with Gasteiger partial charge in [-0.1, -0.05) is 31.2 Å². The predicted octanol–water partition coefficient (Wildman–Crippen LogP) is 2.85. The van der Waals surface area contributed by atoms with Crippen LogP contribution in [0.5, 0.6) is 0 Å². The summed E-state index contributed by atoms with van der Waals surface area (Å²) in [6.07, 6.45) is 2.33. The molecule has 0 unspecified atom stereocenters. The van der Waals surface area contributed by atoms with Crippen LogP contribution < -0.4 is 4.90 Å². The van der Waals surface area contributed by atoms with Crippen molar-refractivity contribution in [3.63, 3.8) is 0 Å². The molecule has 17 heavy (non-hydrogen) atoms. The average Bonchev–Trinajstić information content (AvgIpc) is 2.29. The molecular formula is C14H19NO2. The summed E-state index contributed by atoms with van der Waals surface area (Å²) in [4.78, 5) is 12.9. The summed E-state index contributed by atoms with van der Waals surface area (Å²) in [6, 6.07) is 8.07. The molecule has 0 amide bonds. The lowest BCUT2D eigenvalue weighted by atomic mass is 10.1. The van der Waals surface area contributed by atoms with Gasteiger partial charge in [-0.3, -0.25) is 0 Å². The van der Waals surface area contributed by atoms with Crippen molar-refractivity contribution < 1.29 is 9.90 Å². The zero-order valence-electron chi connectivity index (χ0n) is 10.6. The number of rotatable bonds is 5. The molecule has 0 fully saturated rings. The standard InChI is InChI=1S/C14H19NO2/c1-4-12(14(16)17)9-10-15(3)13-8-6-5-7-11(13)2/h5-9H,4,10H2,1-3H3,(H,16,17). The van der Waals surface area contributed by atoms with Crippen LogP contribution in [0.2, 0.25) is 0 Å². The molecule has 0 bridgehead atoms. The van der Waals surface area contributed by atoms with Crippen molar-refractivity contribution in [1.29, 1.82) is 0 Å². The van der Waals surface area contributed by atoms with E-state index in [2.05, 4.69) is 0 Å². The summed E-state index contributed by atoms with van der Waals surface area (Å²) < 4.78 is 0. The van der Waals surface area contributed by atoms with Gasteiger partial charge in [0.2, 0.25) is 0 Å². The number of hydrogen-bond acceptors (Lipinski definition) is 2. The second kappa shape index (κ2) is 6.09. The van der Waals surface area contributed by atoms with Gasteiger partial charge in [0.25, 0.3) is 0 Å². The summed E-state index contributed by atoms with van der Waals surface area (Å²) in [5, 5.41) is 8.92. The van der Waals surface area contributed by atoms with E-state index in [4.69, 9.17) is 5.11 Å². The summed E-state index contributed by atoms with van der Waals surface area (Å²) in [5.74, 6) is -0.828. The zero-order valence-corrected chi connectivity index (χ0v) is 10.6. The van der Waals surface area contributed by atoms with Crippen LogP contribution >= 0.6 is 0 Å². The summed E-state index contributed by atoms with van der Waals surface area (Å²) in [6.45, 7) is 4.52. The molecule has 0 aromatic heterocycles. The van der Waals surface area contributed by atoms with Gasteiger partial charge >= 0.3 is 5.97 Å². The molecule has 0 aliphatic rings. The fraction of sp³-hybridized carbons (Fsp3) is 0.357. The molecule has 0 heterocycles. The SMILES string of the molecule is CCC(=CCN(C)c1ccccc1C)C(=O)O. The molecule has 1 N–H and O–H groups in total. The molecule has 1 rings (SSSR count). The van der Waals surface area contributed by atoms with Crippen molar-refractivity contribution in [3.05, 3.63) is 41.5 Å². The van der Waals surface area contributed by atoms with E-state index in [1.165, 1.54) is 5.56 Å². The highest BCUT2D eigenvalue weighted by molar-refractivity contribution is 5.86. The minimum atomic E-state index is -0.828. The number of anilines is 1. The third-order valence-electron chi connectivity index (χ3n) is 2.79. The highest BCUT2D eigenvalue weighted by atomic mass is 16.4. The van der Waals surface area contributed by atoms with E-state index >= 15 is 0 Å². The Hall–Kier alpha value is -1.77. The number of benzene rings is 1. The first-order chi connectivity index (χ1) is 8.06. The first kappa shape index (κ1) is 13.3. The van der Waals surface area contributed by atoms with E-state index in [9.17, 15) is 4.79 Å². The van der Waals surface area contributed by atoms with Crippen molar-refractivity contribution >= 4 is 11.7 Å². The Balaban J connectivity index is 2.77. The summed E-state index contributed by atoms with van der Waals surface area (Å²) >= 11 is 0. The van der Waals surface area contributed by atoms with E-state index in [-0.39, 0.29) is 0 Å². The van der Waals surface area contributed by atoms with Gasteiger partial charge in [-0.25, -0.2) is 4.79 Å². The predicted molar refractivity (Wildman–Crippen MR) is 70.5 cm³/mol. The molecule has 3 heteroatoms. The van der Waals surface area contributed by atoms with Crippen LogP contribution in [0.3, 0.4) is 0 Å². The molecule has 0 aliphatic heterocycles. The maximum atomic E-state index is 10.9. The van der Waals surface area contributed by atoms with Crippen molar-refractivity contribution in [2.24, 2.45) is 0 Å². The van der Waals surface area contributed by atoms with Crippen molar-refractivity contribution in [3.8, 4) is 0 Å². The van der Waals surface area contributed by atoms with Crippen LogP contribution in [0.4, 0.5) is 5.69 Å². The van der Waals surface area contributed by atoms with Crippen LogP contribution in [0, 0.1) is 6.92 Å². The zero-order chi connectivity index (χ0) is 12.8. The number of carbonyl (C=O) groups is 1. The Labute approximate surface area is 102 Å². The van der Waals surface area contributed by atoms with E-state index in [0.717, 1.165) is 5.69 Å². The molecule has 1 aromatic rings. The highest BCUT2D eigenvalue weighted by Crippen LogP contribution is 2.17. The average molecular weight is 233 g/mol. The molecule has 92 valence electrons. The van der Waals surface area contributed by atoms with Crippen molar-refractivity contribution in [2.75, 3.05) is 18.5 Å². The lowest BCUT2D eigenvalue weighted by Crippen LogP contribution is -2.18. The Morgan fingerprint density at radius 3 is 2.59 bits per heavy atom. The van der Waals surface area contributed by atoms with Crippen molar-refractivity contribution in [2.45, 2.75) is 20.3 Å². The molecule has 1 aromatic carbocycles. The van der Waals surface area contributed by atoms with Gasteiger partial charge in [0.05, 0.1) is 0 Å². The highest BCUT2D eigenvalue weighted by Gasteiger charge is 2.06. The lowest BCUT2D eigenvalue weighted by Gasteiger charge is -2.19. The Kier molecular flexibility index (Phi) is 4.76. The van der Waals surface area contributed by atoms with Gasteiger partial charge < -0.3 is 10.0 Å². The maximum absolute atomic E-state index is 10.9. The first-order valence-electron chi connectivity index (χ1n) is 5.75. The van der Waals surface area contributed by atoms with Crippen LogP contribution in [-0.2, 0) is 4.79 Å².